The molecule has 0 unspecified atom stereocenters. The van der Waals surface area contributed by atoms with Crippen LogP contribution in [0, 0.1) is 5.92 Å². The van der Waals surface area contributed by atoms with Crippen molar-refractivity contribution in [1.82, 2.24) is 14.9 Å². The van der Waals surface area contributed by atoms with E-state index in [9.17, 15) is 27.9 Å². The summed E-state index contributed by atoms with van der Waals surface area (Å²) in [4.78, 5) is 37.5. The van der Waals surface area contributed by atoms with Crippen molar-refractivity contribution >= 4 is 33.8 Å². The van der Waals surface area contributed by atoms with Gasteiger partial charge in [-0.2, -0.15) is 4.31 Å². The number of aliphatic hydroxyl groups excluding tert-OH is 1. The molecule has 3 amide bonds. The lowest BCUT2D eigenvalue weighted by molar-refractivity contribution is -0.119. The third kappa shape index (κ3) is 9.85. The third-order valence-electron chi connectivity index (χ3n) is 9.60. The lowest BCUT2D eigenvalue weighted by atomic mass is 10.0. The highest BCUT2D eigenvalue weighted by atomic mass is 32.2. The fourth-order valence-electron chi connectivity index (χ4n) is 6.90. The van der Waals surface area contributed by atoms with Crippen LogP contribution in [-0.2, 0) is 42.1 Å². The summed E-state index contributed by atoms with van der Waals surface area (Å²) >= 11 is 0. The van der Waals surface area contributed by atoms with E-state index in [0.29, 0.717) is 37.5 Å². The number of hydrogen-bond acceptors (Lipinski definition) is 9. The average Bonchev–Trinajstić information content (AvgIpc) is 3.84. The molecule has 0 bridgehead atoms. The van der Waals surface area contributed by atoms with Crippen molar-refractivity contribution in [3.63, 3.8) is 0 Å². The Kier molecular flexibility index (Phi) is 11.9. The maximum atomic E-state index is 14.1. The van der Waals surface area contributed by atoms with E-state index >= 15 is 0 Å². The minimum absolute atomic E-state index is 0.0719. The molecule has 6 rings (SSSR count). The number of amides is 3. The molecule has 2 saturated heterocycles. The van der Waals surface area contributed by atoms with E-state index in [1.54, 1.807) is 0 Å². The van der Waals surface area contributed by atoms with Crippen molar-refractivity contribution in [3.05, 3.63) is 96.1 Å². The Hall–Kier alpha value is -4.50. The second-order valence-corrected chi connectivity index (χ2v) is 15.2. The van der Waals surface area contributed by atoms with Gasteiger partial charge in [0.1, 0.15) is 12.7 Å². The summed E-state index contributed by atoms with van der Waals surface area (Å²) in [6.45, 7) is 0.320. The first-order valence-corrected chi connectivity index (χ1v) is 18.7. The summed E-state index contributed by atoms with van der Waals surface area (Å²) in [5.41, 5.74) is 1.97. The van der Waals surface area contributed by atoms with Crippen molar-refractivity contribution in [2.75, 3.05) is 25.0 Å². The van der Waals surface area contributed by atoms with Crippen molar-refractivity contribution < 1.29 is 42.1 Å². The summed E-state index contributed by atoms with van der Waals surface area (Å²) in [6, 6.07) is 22.7. The van der Waals surface area contributed by atoms with E-state index in [-0.39, 0.29) is 55.5 Å². The van der Waals surface area contributed by atoms with Crippen LogP contribution in [0.5, 0.6) is 0 Å². The zero-order chi connectivity index (χ0) is 35.8. The van der Waals surface area contributed by atoms with Crippen LogP contribution >= 0.6 is 0 Å². The number of nitrogens with zero attached hydrogens (tertiary/aromatic N) is 1. The summed E-state index contributed by atoms with van der Waals surface area (Å²) in [6.07, 6.45) is 0.217. The van der Waals surface area contributed by atoms with Gasteiger partial charge >= 0.3 is 12.2 Å². The van der Waals surface area contributed by atoms with Crippen LogP contribution < -0.4 is 16.0 Å². The highest BCUT2D eigenvalue weighted by Gasteiger charge is 2.41. The third-order valence-corrected chi connectivity index (χ3v) is 11.4. The number of rotatable bonds is 14. The van der Waals surface area contributed by atoms with Crippen molar-refractivity contribution in [2.45, 2.75) is 80.4 Å². The number of benzene rings is 3. The first kappa shape index (κ1) is 36.3. The average molecular weight is 721 g/mol. The Bertz CT molecular complexity index is 1730. The molecule has 51 heavy (non-hydrogen) atoms. The number of aliphatic hydroxyl groups is 1. The first-order valence-electron chi connectivity index (χ1n) is 17.3. The topological polar surface area (TPSA) is 173 Å². The molecule has 1 saturated carbocycles. The molecular weight excluding hydrogens is 676 g/mol. The normalized spacial score (nSPS) is 22.5. The first-order chi connectivity index (χ1) is 24.6. The molecule has 3 aliphatic rings. The summed E-state index contributed by atoms with van der Waals surface area (Å²) < 4.78 is 46.1. The molecular formula is C37H44N4O9S. The van der Waals surface area contributed by atoms with E-state index in [1.807, 2.05) is 60.7 Å². The Labute approximate surface area is 297 Å². The van der Waals surface area contributed by atoms with Crippen molar-refractivity contribution in [3.8, 4) is 0 Å². The van der Waals surface area contributed by atoms with Crippen LogP contribution in [0.1, 0.15) is 43.2 Å². The van der Waals surface area contributed by atoms with Gasteiger partial charge in [0.05, 0.1) is 23.1 Å². The van der Waals surface area contributed by atoms with Crippen molar-refractivity contribution in [1.29, 1.82) is 0 Å². The molecule has 1 aliphatic carbocycles. The monoisotopic (exact) mass is 720 g/mol. The molecule has 2 heterocycles. The number of alkyl carbamates (subject to hydrolysis) is 1. The number of fused-ring (bicyclic) bond motifs is 1. The molecule has 4 N–H and O–H groups in total. The molecule has 2 aliphatic heterocycles. The number of anilines is 1. The minimum Gasteiger partial charge on any atom is -0.446 e. The van der Waals surface area contributed by atoms with Gasteiger partial charge in [0.15, 0.2) is 0 Å². The number of nitrogens with one attached hydrogen (secondary N) is 3. The highest BCUT2D eigenvalue weighted by Crippen LogP contribution is 2.37. The maximum absolute atomic E-state index is 14.1. The molecule has 14 heteroatoms. The number of ether oxygens (including phenoxy) is 3. The van der Waals surface area contributed by atoms with Crippen LogP contribution in [0.25, 0.3) is 0 Å². The smallest absolute Gasteiger partial charge is 0.411 e. The fourth-order valence-corrected chi connectivity index (χ4v) is 8.41. The van der Waals surface area contributed by atoms with Crippen LogP contribution in [0.15, 0.2) is 89.8 Å². The predicted octanol–water partition coefficient (Wildman–Crippen LogP) is 3.97. The number of hydrogen-bond donors (Lipinski definition) is 4. The van der Waals surface area contributed by atoms with Gasteiger partial charge in [-0.25, -0.2) is 18.0 Å². The quantitative estimate of drug-likeness (QED) is 0.192. The van der Waals surface area contributed by atoms with Gasteiger partial charge in [0.2, 0.25) is 15.9 Å². The zero-order valence-corrected chi connectivity index (χ0v) is 29.0. The molecule has 0 aromatic heterocycles. The van der Waals surface area contributed by atoms with Gasteiger partial charge in [-0.05, 0) is 67.0 Å². The summed E-state index contributed by atoms with van der Waals surface area (Å²) in [5.74, 6) is 0.182. The van der Waals surface area contributed by atoms with E-state index < -0.39 is 40.4 Å². The molecule has 13 nitrogen and oxygen atoms in total. The Balaban J connectivity index is 1.15. The van der Waals surface area contributed by atoms with Crippen LogP contribution in [0.2, 0.25) is 0 Å². The van der Waals surface area contributed by atoms with Gasteiger partial charge in [-0.1, -0.05) is 60.7 Å². The summed E-state index contributed by atoms with van der Waals surface area (Å²) in [7, 11) is -4.23. The molecule has 3 aromatic rings. The Morgan fingerprint density at radius 3 is 2.31 bits per heavy atom. The Morgan fingerprint density at radius 1 is 0.941 bits per heavy atom. The number of sulfonamides is 1. The SMILES string of the molecule is O=C1CC[C@@H](CN(C[C@@H](O)[C@H](Cc2ccccc2)NC(=O)O[C@@H]2C[C@@H]3CCO[C@@H]3C2)S(=O)(=O)c2ccc(NC(=O)OCc3ccccc3)cc2)N1. The number of carbonyl (C=O) groups excluding carboxylic acids is 3. The van der Waals surface area contributed by atoms with Gasteiger partial charge in [-0.15, -0.1) is 0 Å². The van der Waals surface area contributed by atoms with Crippen LogP contribution in [0.4, 0.5) is 15.3 Å². The van der Waals surface area contributed by atoms with E-state index in [4.69, 9.17) is 14.2 Å². The van der Waals surface area contributed by atoms with Gasteiger partial charge in [-0.3, -0.25) is 10.1 Å². The van der Waals surface area contributed by atoms with E-state index in [2.05, 4.69) is 16.0 Å². The number of carbonyl (C=O) groups is 3. The molecule has 3 aromatic carbocycles. The molecule has 3 fully saturated rings. The Morgan fingerprint density at radius 2 is 1.65 bits per heavy atom. The molecule has 0 radical (unpaired) electrons. The lowest BCUT2D eigenvalue weighted by Crippen LogP contribution is -2.52. The van der Waals surface area contributed by atoms with Gasteiger partial charge in [0.25, 0.3) is 0 Å². The lowest BCUT2D eigenvalue weighted by Gasteiger charge is -2.31. The molecule has 6 atom stereocenters. The largest absolute Gasteiger partial charge is 0.446 e. The summed E-state index contributed by atoms with van der Waals surface area (Å²) in [5, 5.41) is 19.9. The van der Waals surface area contributed by atoms with Gasteiger partial charge < -0.3 is 30.0 Å². The standard InChI is InChI=1S/C37H44N4O9S/c42-33(32(19-25-7-3-1-4-8-25)40-37(45)50-30-20-27-17-18-48-34(27)21-30)23-41(22-29-13-16-35(43)38-29)51(46,47)31-14-11-28(12-15-31)39-36(44)49-24-26-9-5-2-6-10-26/h1-12,14-15,27,29-30,32-34,42H,13,16-24H2,(H,38,43)(H,39,44)(H,40,45)/t27-,29-,30+,32-,33+,34+/m0/s1. The molecule has 0 spiro atoms. The molecule has 272 valence electrons. The highest BCUT2D eigenvalue weighted by molar-refractivity contribution is 7.89. The maximum Gasteiger partial charge on any atom is 0.411 e. The predicted molar refractivity (Wildman–Crippen MR) is 187 cm³/mol. The second-order valence-electron chi connectivity index (χ2n) is 13.3. The van der Waals surface area contributed by atoms with E-state index in [0.717, 1.165) is 21.9 Å². The fraction of sp³-hybridized carbons (Fsp3) is 0.432. The van der Waals surface area contributed by atoms with E-state index in [1.165, 1.54) is 24.3 Å². The second kappa shape index (κ2) is 16.7. The minimum atomic E-state index is -4.23. The van der Waals surface area contributed by atoms with Crippen molar-refractivity contribution in [2.24, 2.45) is 5.92 Å². The zero-order valence-electron chi connectivity index (χ0n) is 28.2. The van der Waals surface area contributed by atoms with Crippen LogP contribution in [-0.4, -0.2) is 86.0 Å². The van der Waals surface area contributed by atoms with Gasteiger partial charge in [0, 0.05) is 44.3 Å². The van der Waals surface area contributed by atoms with Crippen LogP contribution in [0.3, 0.4) is 0 Å².